The molecule has 1 unspecified atom stereocenters. The second-order valence-corrected chi connectivity index (χ2v) is 6.62. The van der Waals surface area contributed by atoms with Crippen LogP contribution in [0.4, 0.5) is 0 Å². The van der Waals surface area contributed by atoms with E-state index in [1.807, 2.05) is 30.1 Å². The molecule has 0 aromatic carbocycles. The number of amides is 1. The number of rotatable bonds is 6. The highest BCUT2D eigenvalue weighted by Gasteiger charge is 2.40. The van der Waals surface area contributed by atoms with Gasteiger partial charge in [-0.3, -0.25) is 14.5 Å². The first-order valence-corrected chi connectivity index (χ1v) is 7.85. The van der Waals surface area contributed by atoms with Gasteiger partial charge in [0.25, 0.3) is 5.91 Å². The van der Waals surface area contributed by atoms with Gasteiger partial charge in [-0.1, -0.05) is 24.0 Å². The molecule has 0 saturated carbocycles. The molecule has 1 atom stereocenters. The second kappa shape index (κ2) is 6.97. The van der Waals surface area contributed by atoms with Crippen molar-refractivity contribution >= 4 is 52.2 Å². The summed E-state index contributed by atoms with van der Waals surface area (Å²) in [5, 5.41) is 18.0. The largest absolute Gasteiger partial charge is 0.481 e. The van der Waals surface area contributed by atoms with Crippen LogP contribution in [0.5, 0.6) is 0 Å². The maximum absolute atomic E-state index is 12.4. The van der Waals surface area contributed by atoms with Crippen LogP contribution in [0.25, 0.3) is 6.08 Å². The molecule has 1 amide bonds. The number of hydrogen-bond acceptors (Lipinski definition) is 5. The molecule has 0 bridgehead atoms. The summed E-state index contributed by atoms with van der Waals surface area (Å²) in [5.74, 6) is -2.91. The number of thioether (sulfide) groups is 1. The Hall–Kier alpha value is -2.13. The Morgan fingerprint density at radius 2 is 2.13 bits per heavy atom. The number of carbonyl (C=O) groups is 3. The van der Waals surface area contributed by atoms with Gasteiger partial charge in [-0.2, -0.15) is 0 Å². The maximum atomic E-state index is 12.4. The van der Waals surface area contributed by atoms with Crippen molar-refractivity contribution in [2.24, 2.45) is 7.05 Å². The zero-order chi connectivity index (χ0) is 17.1. The van der Waals surface area contributed by atoms with Gasteiger partial charge in [0.05, 0.1) is 4.91 Å². The molecule has 0 radical (unpaired) electrons. The fraction of sp³-hybridized carbons (Fsp3) is 0.286. The van der Waals surface area contributed by atoms with Crippen molar-refractivity contribution < 1.29 is 24.6 Å². The number of hydrogen-bond donors (Lipinski definition) is 2. The highest BCUT2D eigenvalue weighted by atomic mass is 32.2. The topological polar surface area (TPSA) is 99.8 Å². The van der Waals surface area contributed by atoms with Gasteiger partial charge in [0, 0.05) is 25.9 Å². The van der Waals surface area contributed by atoms with Gasteiger partial charge in [0.15, 0.2) is 0 Å². The summed E-state index contributed by atoms with van der Waals surface area (Å²) in [6, 6.07) is 0.534. The van der Waals surface area contributed by atoms with E-state index in [9.17, 15) is 19.5 Å². The highest BCUT2D eigenvalue weighted by Crippen LogP contribution is 2.34. The summed E-state index contributed by atoms with van der Waals surface area (Å²) in [6.45, 7) is 0. The Kier molecular flexibility index (Phi) is 5.22. The van der Waals surface area contributed by atoms with E-state index in [0.29, 0.717) is 4.91 Å². The van der Waals surface area contributed by atoms with Crippen LogP contribution in [0.1, 0.15) is 18.4 Å². The molecule has 7 nitrogen and oxygen atoms in total. The first-order chi connectivity index (χ1) is 10.8. The van der Waals surface area contributed by atoms with Gasteiger partial charge in [0.1, 0.15) is 10.4 Å². The highest BCUT2D eigenvalue weighted by molar-refractivity contribution is 8.26. The average Bonchev–Trinajstić information content (AvgIpc) is 2.96. The minimum Gasteiger partial charge on any atom is -0.481 e. The number of carboxylic acid groups (broad SMARTS) is 2. The van der Waals surface area contributed by atoms with E-state index < -0.39 is 23.9 Å². The Morgan fingerprint density at radius 3 is 2.65 bits per heavy atom. The van der Waals surface area contributed by atoms with Gasteiger partial charge in [-0.25, -0.2) is 4.79 Å². The van der Waals surface area contributed by atoms with Gasteiger partial charge < -0.3 is 14.8 Å². The van der Waals surface area contributed by atoms with Gasteiger partial charge >= 0.3 is 11.9 Å². The predicted molar refractivity (Wildman–Crippen MR) is 88.7 cm³/mol. The first kappa shape index (κ1) is 17.2. The minimum atomic E-state index is -1.28. The van der Waals surface area contributed by atoms with Crippen molar-refractivity contribution in [3.63, 3.8) is 0 Å². The SMILES string of the molecule is Cn1ccc(C=C2SC(=S)N(C(CCC(=O)O)C(=O)O)C2=O)c1. The first-order valence-electron chi connectivity index (χ1n) is 6.63. The summed E-state index contributed by atoms with van der Waals surface area (Å²) in [7, 11) is 1.84. The summed E-state index contributed by atoms with van der Waals surface area (Å²) < 4.78 is 1.94. The predicted octanol–water partition coefficient (Wildman–Crippen LogP) is 1.54. The quantitative estimate of drug-likeness (QED) is 0.590. The third-order valence-corrected chi connectivity index (χ3v) is 4.53. The van der Waals surface area contributed by atoms with Crippen molar-refractivity contribution in [3.05, 3.63) is 28.9 Å². The molecule has 1 aromatic heterocycles. The molecule has 9 heteroatoms. The second-order valence-electron chi connectivity index (χ2n) is 4.95. The van der Waals surface area contributed by atoms with Crippen LogP contribution in [0, 0.1) is 0 Å². The summed E-state index contributed by atoms with van der Waals surface area (Å²) in [6.07, 6.45) is 4.71. The summed E-state index contributed by atoms with van der Waals surface area (Å²) in [4.78, 5) is 35.8. The maximum Gasteiger partial charge on any atom is 0.326 e. The molecule has 1 aliphatic heterocycles. The fourth-order valence-electron chi connectivity index (χ4n) is 2.13. The number of thiocarbonyl (C=S) groups is 1. The molecular formula is C14H14N2O5S2. The van der Waals surface area contributed by atoms with E-state index in [1.165, 1.54) is 0 Å². The van der Waals surface area contributed by atoms with Crippen LogP contribution in [-0.4, -0.2) is 47.9 Å². The van der Waals surface area contributed by atoms with E-state index in [2.05, 4.69) is 0 Å². The van der Waals surface area contributed by atoms with E-state index in [0.717, 1.165) is 22.2 Å². The lowest BCUT2D eigenvalue weighted by atomic mass is 10.1. The number of nitrogens with zero attached hydrogens (tertiary/aromatic N) is 2. The zero-order valence-corrected chi connectivity index (χ0v) is 13.8. The van der Waals surface area contributed by atoms with Crippen LogP contribution < -0.4 is 0 Å². The minimum absolute atomic E-state index is 0.120. The molecule has 1 aliphatic rings. The molecule has 2 rings (SSSR count). The molecule has 2 heterocycles. The molecule has 1 saturated heterocycles. The standard InChI is InChI=1S/C14H14N2O5S2/c1-15-5-4-8(7-15)6-10-12(19)16(14(22)23-10)9(13(20)21)2-3-11(17)18/h4-7,9H,2-3H2,1H3,(H,17,18)(H,20,21). The van der Waals surface area contributed by atoms with Crippen molar-refractivity contribution in [1.82, 2.24) is 9.47 Å². The van der Waals surface area contributed by atoms with Crippen molar-refractivity contribution in [3.8, 4) is 0 Å². The fourth-order valence-corrected chi connectivity index (χ4v) is 3.49. The molecular weight excluding hydrogens is 340 g/mol. The molecule has 1 fully saturated rings. The van der Waals surface area contributed by atoms with Crippen LogP contribution in [0.3, 0.4) is 0 Å². The van der Waals surface area contributed by atoms with Crippen LogP contribution in [0.15, 0.2) is 23.4 Å². The third kappa shape index (κ3) is 3.99. The number of carboxylic acids is 2. The summed E-state index contributed by atoms with van der Waals surface area (Å²) in [5.41, 5.74) is 0.797. The van der Waals surface area contributed by atoms with E-state index in [4.69, 9.17) is 17.3 Å². The lowest BCUT2D eigenvalue weighted by Crippen LogP contribution is -2.44. The Labute approximate surface area is 141 Å². The molecule has 1 aromatic rings. The lowest BCUT2D eigenvalue weighted by molar-refractivity contribution is -0.146. The van der Waals surface area contributed by atoms with Crippen molar-refractivity contribution in [1.29, 1.82) is 0 Å². The number of carbonyl (C=O) groups excluding carboxylic acids is 1. The van der Waals surface area contributed by atoms with E-state index in [1.54, 1.807) is 6.08 Å². The number of aryl methyl sites for hydroxylation is 1. The third-order valence-electron chi connectivity index (χ3n) is 3.20. The van der Waals surface area contributed by atoms with Crippen LogP contribution in [0.2, 0.25) is 0 Å². The van der Waals surface area contributed by atoms with E-state index in [-0.39, 0.29) is 17.2 Å². The number of aromatic nitrogens is 1. The molecule has 122 valence electrons. The average molecular weight is 354 g/mol. The Morgan fingerprint density at radius 1 is 1.43 bits per heavy atom. The van der Waals surface area contributed by atoms with Gasteiger partial charge in [-0.15, -0.1) is 0 Å². The van der Waals surface area contributed by atoms with Gasteiger partial charge in [0.2, 0.25) is 0 Å². The molecule has 0 aliphatic carbocycles. The van der Waals surface area contributed by atoms with Crippen molar-refractivity contribution in [2.75, 3.05) is 0 Å². The van der Waals surface area contributed by atoms with Crippen LogP contribution >= 0.6 is 24.0 Å². The molecule has 23 heavy (non-hydrogen) atoms. The molecule has 2 N–H and O–H groups in total. The normalized spacial score (nSPS) is 17.8. The Balaban J connectivity index is 2.24. The lowest BCUT2D eigenvalue weighted by Gasteiger charge is -2.22. The zero-order valence-electron chi connectivity index (χ0n) is 12.1. The van der Waals surface area contributed by atoms with E-state index >= 15 is 0 Å². The Bertz CT molecular complexity index is 710. The van der Waals surface area contributed by atoms with Gasteiger partial charge in [-0.05, 0) is 24.1 Å². The van der Waals surface area contributed by atoms with Crippen molar-refractivity contribution in [2.45, 2.75) is 18.9 Å². The van der Waals surface area contributed by atoms with Crippen LogP contribution in [-0.2, 0) is 21.4 Å². The summed E-state index contributed by atoms with van der Waals surface area (Å²) >= 11 is 6.12. The number of aliphatic carboxylic acids is 2. The monoisotopic (exact) mass is 354 g/mol. The molecule has 0 spiro atoms. The smallest absolute Gasteiger partial charge is 0.326 e.